The van der Waals surface area contributed by atoms with E-state index in [0.717, 1.165) is 65.7 Å². The number of carboxylic acids is 1. The van der Waals surface area contributed by atoms with Crippen LogP contribution in [0.5, 0.6) is 0 Å². The molecular formula is C30H37N5O7S+2. The average Bonchev–Trinajstić information content (AvgIpc) is 3.32. The lowest BCUT2D eigenvalue weighted by molar-refractivity contribution is -1.08. The largest absolute Gasteiger partial charge is 0.477 e. The third kappa shape index (κ3) is 3.91. The summed E-state index contributed by atoms with van der Waals surface area (Å²) < 4.78 is 30.9. The molecule has 4 saturated heterocycles. The van der Waals surface area contributed by atoms with E-state index in [9.17, 15) is 33.0 Å². The van der Waals surface area contributed by atoms with Gasteiger partial charge >= 0.3 is 5.97 Å². The second-order valence-electron chi connectivity index (χ2n) is 13.2. The maximum absolute atomic E-state index is 14.0. The van der Waals surface area contributed by atoms with Crippen molar-refractivity contribution >= 4 is 44.3 Å². The number of piperazine rings is 3. The van der Waals surface area contributed by atoms with Crippen LogP contribution >= 0.6 is 0 Å². The van der Waals surface area contributed by atoms with Crippen LogP contribution in [0.2, 0.25) is 0 Å². The summed E-state index contributed by atoms with van der Waals surface area (Å²) >= 11 is 0. The highest BCUT2D eigenvalue weighted by Gasteiger charge is 2.60. The average molecular weight is 612 g/mol. The van der Waals surface area contributed by atoms with Crippen molar-refractivity contribution in [1.82, 2.24) is 4.90 Å². The van der Waals surface area contributed by atoms with Crippen molar-refractivity contribution < 1.29 is 42.0 Å². The van der Waals surface area contributed by atoms with Gasteiger partial charge in [0, 0.05) is 16.9 Å². The quantitative estimate of drug-likeness (QED) is 0.284. The molecule has 0 radical (unpaired) electrons. The lowest BCUT2D eigenvalue weighted by Crippen LogP contribution is -2.75. The predicted molar refractivity (Wildman–Crippen MR) is 156 cm³/mol. The van der Waals surface area contributed by atoms with Crippen molar-refractivity contribution in [2.24, 2.45) is 17.6 Å². The Morgan fingerprint density at radius 3 is 2.33 bits per heavy atom. The first kappa shape index (κ1) is 28.3. The molecule has 6 heterocycles. The SMILES string of the molecule is C[C@@H](O)[C@H]1C(=O)N2C(C(=O)O)=C(CN3c4ccc(C[N+]56CC[N+](CC(N)=O)(CC5)CC6)c5cccc(c45)S3(=O)=O)[C@H](C)[C@H]12. The monoisotopic (exact) mass is 611 g/mol. The number of rotatable bonds is 8. The van der Waals surface area contributed by atoms with Crippen molar-refractivity contribution in [2.75, 3.05) is 56.7 Å². The number of fused-ring (bicyclic) bond motifs is 4. The van der Waals surface area contributed by atoms with E-state index < -0.39 is 45.9 Å². The maximum Gasteiger partial charge on any atom is 0.352 e. The standard InChI is InChI=1S/C30H35N5O7S/c1-17-21(28(30(39)40)33-27(17)25(18(2)36)29(33)38)14-32-22-7-6-19(20-4-3-5-23(26(20)22)43(32,41)42)15-34-8-11-35(12-9-34,13-10-34)16-24(31)37/h3-7,17-18,25,27,36H,8-16H2,1-2H3,(H-2,31,37,39,40)/p+2/t17-,18+,25+,27+,34?,35?/m0/s1. The van der Waals surface area contributed by atoms with Crippen LogP contribution in [0.3, 0.4) is 0 Å². The summed E-state index contributed by atoms with van der Waals surface area (Å²) in [6.07, 6.45) is -0.942. The fourth-order valence-corrected chi connectivity index (χ4v) is 10.2. The molecule has 0 saturated carbocycles. The molecule has 2 aromatic carbocycles. The Labute approximate surface area is 249 Å². The Balaban J connectivity index is 1.23. The van der Waals surface area contributed by atoms with Gasteiger partial charge in [-0.3, -0.25) is 13.9 Å². The number of carbonyl (C=O) groups excluding carboxylic acids is 2. The van der Waals surface area contributed by atoms with E-state index in [1.807, 2.05) is 18.2 Å². The fourth-order valence-electron chi connectivity index (χ4n) is 8.51. The number of anilines is 1. The molecule has 13 heteroatoms. The van der Waals surface area contributed by atoms with E-state index in [4.69, 9.17) is 5.73 Å². The topological polar surface area (TPSA) is 158 Å². The first-order valence-corrected chi connectivity index (χ1v) is 16.3. The number of hydrogen-bond donors (Lipinski definition) is 3. The Bertz CT molecular complexity index is 1730. The smallest absolute Gasteiger partial charge is 0.352 e. The molecule has 2 aromatic rings. The van der Waals surface area contributed by atoms with E-state index in [1.165, 1.54) is 16.1 Å². The molecule has 2 amide bonds. The van der Waals surface area contributed by atoms with E-state index in [1.54, 1.807) is 19.1 Å². The minimum absolute atomic E-state index is 0.185. The van der Waals surface area contributed by atoms with Crippen LogP contribution in [0, 0.1) is 11.8 Å². The van der Waals surface area contributed by atoms with Gasteiger partial charge in [0.1, 0.15) is 51.5 Å². The zero-order chi connectivity index (χ0) is 30.6. The number of amides is 2. The Morgan fingerprint density at radius 1 is 1.07 bits per heavy atom. The molecular weight excluding hydrogens is 574 g/mol. The second kappa shape index (κ2) is 9.24. The number of quaternary nitrogens is 2. The van der Waals surface area contributed by atoms with Crippen LogP contribution in [0.1, 0.15) is 19.4 Å². The van der Waals surface area contributed by atoms with Gasteiger partial charge in [0.05, 0.1) is 35.2 Å². The molecule has 2 bridgehead atoms. The minimum Gasteiger partial charge on any atom is -0.477 e. The number of carbonyl (C=O) groups is 3. The zero-order valence-corrected chi connectivity index (χ0v) is 25.1. The predicted octanol–water partition coefficient (Wildman–Crippen LogP) is 0.191. The van der Waals surface area contributed by atoms with Crippen molar-refractivity contribution in [3.8, 4) is 0 Å². The fraction of sp³-hybridized carbons (Fsp3) is 0.500. The van der Waals surface area contributed by atoms with Crippen molar-refractivity contribution in [3.05, 3.63) is 47.2 Å². The summed E-state index contributed by atoms with van der Waals surface area (Å²) in [6.45, 7) is 9.69. The van der Waals surface area contributed by atoms with E-state index in [2.05, 4.69) is 0 Å². The van der Waals surface area contributed by atoms with Crippen LogP contribution in [0.15, 0.2) is 46.5 Å². The number of aliphatic hydroxyl groups is 1. The number of nitrogens with two attached hydrogens (primary N) is 1. The van der Waals surface area contributed by atoms with Gasteiger partial charge in [-0.1, -0.05) is 25.1 Å². The van der Waals surface area contributed by atoms with Gasteiger partial charge in [-0.25, -0.2) is 13.2 Å². The molecule has 0 aromatic heterocycles. The van der Waals surface area contributed by atoms with Crippen molar-refractivity contribution in [1.29, 1.82) is 0 Å². The van der Waals surface area contributed by atoms with Gasteiger partial charge in [-0.15, -0.1) is 0 Å². The molecule has 6 aliphatic heterocycles. The highest BCUT2D eigenvalue weighted by atomic mass is 32.2. The lowest BCUT2D eigenvalue weighted by Gasteiger charge is -2.55. The van der Waals surface area contributed by atoms with Gasteiger partial charge in [0.2, 0.25) is 5.91 Å². The number of aliphatic carboxylic acids is 1. The molecule has 43 heavy (non-hydrogen) atoms. The van der Waals surface area contributed by atoms with Crippen molar-refractivity contribution in [2.45, 2.75) is 37.4 Å². The summed E-state index contributed by atoms with van der Waals surface area (Å²) in [5, 5.41) is 21.8. The highest BCUT2D eigenvalue weighted by molar-refractivity contribution is 7.93. The number of β-lactam (4-membered cyclic amide) rings is 1. The molecule has 4 atom stereocenters. The summed E-state index contributed by atoms with van der Waals surface area (Å²) in [7, 11) is -4.00. The molecule has 0 spiro atoms. The van der Waals surface area contributed by atoms with Gasteiger partial charge in [0.25, 0.3) is 15.9 Å². The van der Waals surface area contributed by atoms with Crippen LogP contribution in [0.4, 0.5) is 5.69 Å². The number of nitrogens with zero attached hydrogens (tertiary/aromatic N) is 4. The Morgan fingerprint density at radius 2 is 1.72 bits per heavy atom. The zero-order valence-electron chi connectivity index (χ0n) is 24.3. The number of sulfonamides is 1. The van der Waals surface area contributed by atoms with Gasteiger partial charge in [-0.2, -0.15) is 0 Å². The molecule has 4 N–H and O–H groups in total. The molecule has 0 unspecified atom stereocenters. The van der Waals surface area contributed by atoms with Crippen LogP contribution in [-0.2, 0) is 31.0 Å². The van der Waals surface area contributed by atoms with Crippen LogP contribution < -0.4 is 10.0 Å². The molecule has 12 nitrogen and oxygen atoms in total. The Kier molecular flexibility index (Phi) is 6.07. The summed E-state index contributed by atoms with van der Waals surface area (Å²) in [4.78, 5) is 38.3. The molecule has 6 aliphatic rings. The molecule has 4 fully saturated rings. The molecule has 228 valence electrons. The highest BCUT2D eigenvalue weighted by Crippen LogP contribution is 2.50. The number of carboxylic acid groups (broad SMARTS) is 1. The van der Waals surface area contributed by atoms with Crippen molar-refractivity contribution in [3.63, 3.8) is 0 Å². The Hall–Kier alpha value is -3.52. The summed E-state index contributed by atoms with van der Waals surface area (Å²) in [5.74, 6) is -3.17. The van der Waals surface area contributed by atoms with E-state index in [0.29, 0.717) is 23.2 Å². The van der Waals surface area contributed by atoms with Crippen LogP contribution in [0.25, 0.3) is 10.8 Å². The van der Waals surface area contributed by atoms with E-state index in [-0.39, 0.29) is 23.0 Å². The molecule has 0 aliphatic carbocycles. The molecule has 8 rings (SSSR count). The third-order valence-electron chi connectivity index (χ3n) is 10.9. The second-order valence-corrected chi connectivity index (χ2v) is 15.0. The number of hydrogen-bond acceptors (Lipinski definition) is 6. The van der Waals surface area contributed by atoms with Gasteiger partial charge in [-0.05, 0) is 30.0 Å². The van der Waals surface area contributed by atoms with Gasteiger partial charge in [0.15, 0.2) is 6.54 Å². The van der Waals surface area contributed by atoms with Gasteiger partial charge < -0.3 is 29.8 Å². The van der Waals surface area contributed by atoms with Crippen LogP contribution in [-0.4, -0.2) is 115 Å². The minimum atomic E-state index is -4.00. The first-order chi connectivity index (χ1) is 20.3. The number of primary amides is 1. The summed E-state index contributed by atoms with van der Waals surface area (Å²) in [6, 6.07) is 8.60. The lowest BCUT2D eigenvalue weighted by atomic mass is 9.78. The number of benzene rings is 2. The maximum atomic E-state index is 14.0. The normalized spacial score (nSPS) is 32.7. The first-order valence-electron chi connectivity index (χ1n) is 14.8. The number of aliphatic hydroxyl groups excluding tert-OH is 1. The third-order valence-corrected chi connectivity index (χ3v) is 12.7. The summed E-state index contributed by atoms with van der Waals surface area (Å²) in [5.41, 5.74) is 7.27. The van der Waals surface area contributed by atoms with E-state index >= 15 is 0 Å².